The number of carbonyl (C=O) groups excluding carboxylic acids is 3. The van der Waals surface area contributed by atoms with Gasteiger partial charge in [-0.3, -0.25) is 19.5 Å². The zero-order chi connectivity index (χ0) is 37.2. The van der Waals surface area contributed by atoms with E-state index in [2.05, 4.69) is 106 Å². The maximum atomic E-state index is 12.8. The number of likely N-dealkylation sites (N-methyl/N-ethyl adjacent to an activating group) is 1. The molecule has 1 aromatic carbocycles. The molecule has 1 saturated heterocycles. The monoisotopic (exact) mass is 681 g/mol. The number of piperazine rings is 1. The van der Waals surface area contributed by atoms with Gasteiger partial charge in [-0.25, -0.2) is 0 Å². The highest BCUT2D eigenvalue weighted by Gasteiger charge is 2.21. The molecule has 2 amide bonds. The van der Waals surface area contributed by atoms with Gasteiger partial charge in [0.1, 0.15) is 6.79 Å². The van der Waals surface area contributed by atoms with E-state index >= 15 is 0 Å². The Kier molecular flexibility index (Phi) is 39.6. The second-order valence-corrected chi connectivity index (χ2v) is 12.4. The first-order valence-corrected chi connectivity index (χ1v) is 18.2. The van der Waals surface area contributed by atoms with Gasteiger partial charge in [-0.05, 0) is 68.9 Å². The van der Waals surface area contributed by atoms with Crippen LogP contribution in [0.2, 0.25) is 0 Å². The number of thioether (sulfide) groups is 1. The van der Waals surface area contributed by atoms with E-state index < -0.39 is 0 Å². The van der Waals surface area contributed by atoms with E-state index in [1.54, 1.807) is 11.8 Å². The quantitative estimate of drug-likeness (QED) is 0.0594. The number of benzene rings is 1. The Labute approximate surface area is 293 Å². The molecule has 10 heteroatoms. The van der Waals surface area contributed by atoms with Crippen LogP contribution in [-0.2, 0) is 14.4 Å². The van der Waals surface area contributed by atoms with Crippen LogP contribution in [0.5, 0.6) is 0 Å². The van der Waals surface area contributed by atoms with Gasteiger partial charge in [-0.2, -0.15) is 0 Å². The molecule has 274 valence electrons. The number of primary amides is 1. The number of aliphatic imine (C=N–C) groups is 1. The van der Waals surface area contributed by atoms with Crippen LogP contribution in [0.3, 0.4) is 0 Å². The van der Waals surface area contributed by atoms with Gasteiger partial charge in [-0.1, -0.05) is 92.9 Å². The standard InChI is InChI=1S/C28H46N4OS.C4H10.C2H6.CH3NO.CH5N.CH2O/c1-8-23(5)26(18-22(4)20-32-15-13-31(7)14-16-32)30-28(33)10-9-17-34-27-19-24(21(2)3)11-12-25(27)29-6;1-3-4-2;1-2;2-1-3;2*1-2/h11-12,19,21,23,26H,4,6,8-10,13-18,20H2,1-3,5,7H3,(H,30,33);3-4H2,1-2H3;1-2H3;1H,(H2,2,3);2H2,1H3;1H2. The number of hydrogen-bond acceptors (Lipinski definition) is 8. The predicted molar refractivity (Wildman–Crippen MR) is 208 cm³/mol. The third kappa shape index (κ3) is 27.2. The minimum absolute atomic E-state index is 0.149. The summed E-state index contributed by atoms with van der Waals surface area (Å²) in [5.74, 6) is 1.95. The van der Waals surface area contributed by atoms with Crippen LogP contribution in [0.1, 0.15) is 105 Å². The Bertz CT molecular complexity index is 906. The van der Waals surface area contributed by atoms with Crippen molar-refractivity contribution in [2.75, 3.05) is 52.6 Å². The van der Waals surface area contributed by atoms with Crippen LogP contribution >= 0.6 is 11.8 Å². The first kappa shape index (κ1) is 51.3. The van der Waals surface area contributed by atoms with E-state index in [0.29, 0.717) is 18.3 Å². The molecule has 9 nitrogen and oxygen atoms in total. The molecule has 2 unspecified atom stereocenters. The normalized spacial score (nSPS) is 13.4. The van der Waals surface area contributed by atoms with Crippen LogP contribution < -0.4 is 16.8 Å². The Hall–Kier alpha value is -2.53. The van der Waals surface area contributed by atoms with Crippen molar-refractivity contribution in [1.82, 2.24) is 15.1 Å². The minimum atomic E-state index is 0.149. The summed E-state index contributed by atoms with van der Waals surface area (Å²) in [6, 6.07) is 6.54. The fourth-order valence-corrected chi connectivity index (χ4v) is 5.22. The average molecular weight is 681 g/mol. The van der Waals surface area contributed by atoms with Crippen molar-refractivity contribution in [3.63, 3.8) is 0 Å². The molecular weight excluding hydrogens is 609 g/mol. The number of nitrogens with two attached hydrogens (primary N) is 2. The van der Waals surface area contributed by atoms with Gasteiger partial charge in [0.25, 0.3) is 0 Å². The van der Waals surface area contributed by atoms with Crippen molar-refractivity contribution < 1.29 is 14.4 Å². The number of amides is 2. The summed E-state index contributed by atoms with van der Waals surface area (Å²) in [6.07, 6.45) is 6.18. The number of carbonyl (C=O) groups is 3. The lowest BCUT2D eigenvalue weighted by molar-refractivity contribution is -0.122. The Morgan fingerprint density at radius 3 is 2.04 bits per heavy atom. The van der Waals surface area contributed by atoms with Crippen LogP contribution in [-0.4, -0.2) is 94.2 Å². The topological polar surface area (TPSA) is 134 Å². The van der Waals surface area contributed by atoms with E-state index in [1.807, 2.05) is 26.7 Å². The summed E-state index contributed by atoms with van der Waals surface area (Å²) in [5.41, 5.74) is 12.1. The SMILES string of the molecule is C=Nc1ccc(C(C)C)cc1SCCCC(=O)NC(CC(=C)CN1CCN(C)CC1)C(C)CC.C=O.CC.CCCC.CN.NC=O. The highest BCUT2D eigenvalue weighted by Crippen LogP contribution is 2.33. The summed E-state index contributed by atoms with van der Waals surface area (Å²) in [7, 11) is 3.68. The van der Waals surface area contributed by atoms with Crippen molar-refractivity contribution in [3.8, 4) is 0 Å². The molecule has 1 aliphatic rings. The molecule has 1 heterocycles. The maximum absolute atomic E-state index is 12.8. The third-order valence-electron chi connectivity index (χ3n) is 7.36. The Morgan fingerprint density at radius 1 is 1.06 bits per heavy atom. The summed E-state index contributed by atoms with van der Waals surface area (Å²) in [6.45, 7) is 32.6. The molecule has 2 rings (SSSR count). The molecule has 5 N–H and O–H groups in total. The predicted octanol–water partition coefficient (Wildman–Crippen LogP) is 7.06. The van der Waals surface area contributed by atoms with Gasteiger partial charge < -0.3 is 26.5 Å². The molecule has 0 aromatic heterocycles. The lowest BCUT2D eigenvalue weighted by Gasteiger charge is -2.33. The first-order chi connectivity index (χ1) is 22.6. The van der Waals surface area contributed by atoms with Gasteiger partial charge in [-0.15, -0.1) is 11.8 Å². The molecule has 1 aliphatic heterocycles. The molecule has 0 aliphatic carbocycles. The van der Waals surface area contributed by atoms with Gasteiger partial charge in [0, 0.05) is 50.1 Å². The molecule has 0 bridgehead atoms. The molecule has 47 heavy (non-hydrogen) atoms. The zero-order valence-corrected chi connectivity index (χ0v) is 32.6. The van der Waals surface area contributed by atoms with Gasteiger partial charge in [0.15, 0.2) is 0 Å². The summed E-state index contributed by atoms with van der Waals surface area (Å²) >= 11 is 1.77. The summed E-state index contributed by atoms with van der Waals surface area (Å²) in [5, 5.41) is 3.32. The van der Waals surface area contributed by atoms with Gasteiger partial charge >= 0.3 is 0 Å². The summed E-state index contributed by atoms with van der Waals surface area (Å²) < 4.78 is 0. The van der Waals surface area contributed by atoms with Crippen molar-refractivity contribution in [1.29, 1.82) is 0 Å². The summed E-state index contributed by atoms with van der Waals surface area (Å²) in [4.78, 5) is 39.5. The fourth-order valence-electron chi connectivity index (χ4n) is 4.21. The van der Waals surface area contributed by atoms with E-state index in [1.165, 1.54) is 31.0 Å². The second-order valence-electron chi connectivity index (χ2n) is 11.2. The van der Waals surface area contributed by atoms with E-state index in [4.69, 9.17) is 9.59 Å². The second kappa shape index (κ2) is 36.3. The van der Waals surface area contributed by atoms with Gasteiger partial charge in [0.2, 0.25) is 12.3 Å². The first-order valence-electron chi connectivity index (χ1n) is 17.2. The number of nitrogens with zero attached hydrogens (tertiary/aromatic N) is 3. The van der Waals surface area contributed by atoms with Crippen molar-refractivity contribution >= 4 is 43.3 Å². The van der Waals surface area contributed by atoms with Crippen molar-refractivity contribution in [2.24, 2.45) is 22.4 Å². The van der Waals surface area contributed by atoms with Crippen LogP contribution in [0.15, 0.2) is 40.2 Å². The number of unbranched alkanes of at least 4 members (excludes halogenated alkanes) is 1. The third-order valence-corrected chi connectivity index (χ3v) is 8.49. The number of rotatable bonds is 15. The lowest BCUT2D eigenvalue weighted by Crippen LogP contribution is -2.45. The van der Waals surface area contributed by atoms with Crippen molar-refractivity contribution in [2.45, 2.75) is 111 Å². The number of nitrogens with one attached hydrogen (secondary N) is 1. The van der Waals surface area contributed by atoms with E-state index in [9.17, 15) is 4.79 Å². The minimum Gasteiger partial charge on any atom is -0.372 e. The highest BCUT2D eigenvalue weighted by atomic mass is 32.2. The average Bonchev–Trinajstić information content (AvgIpc) is 3.10. The fraction of sp³-hybridized carbons (Fsp3) is 0.676. The molecule has 1 fully saturated rings. The van der Waals surface area contributed by atoms with E-state index in [0.717, 1.165) is 68.3 Å². The molecule has 0 saturated carbocycles. The molecule has 2 atom stereocenters. The number of hydrogen-bond donors (Lipinski definition) is 3. The Balaban J connectivity index is -0.000000618. The van der Waals surface area contributed by atoms with E-state index in [-0.39, 0.29) is 18.4 Å². The highest BCUT2D eigenvalue weighted by molar-refractivity contribution is 7.99. The van der Waals surface area contributed by atoms with Gasteiger partial charge in [0.05, 0.1) is 5.69 Å². The maximum Gasteiger partial charge on any atom is 0.220 e. The van der Waals surface area contributed by atoms with Crippen LogP contribution in [0.25, 0.3) is 0 Å². The van der Waals surface area contributed by atoms with Crippen LogP contribution in [0, 0.1) is 5.92 Å². The molecule has 0 radical (unpaired) electrons. The smallest absolute Gasteiger partial charge is 0.220 e. The van der Waals surface area contributed by atoms with Crippen molar-refractivity contribution in [3.05, 3.63) is 35.9 Å². The largest absolute Gasteiger partial charge is 0.372 e. The molecule has 1 aromatic rings. The Morgan fingerprint density at radius 2 is 1.60 bits per heavy atom. The molecule has 0 spiro atoms. The zero-order valence-electron chi connectivity index (χ0n) is 31.8. The lowest BCUT2D eigenvalue weighted by atomic mass is 9.93. The van der Waals surface area contributed by atoms with Crippen LogP contribution in [0.4, 0.5) is 5.69 Å². The molecular formula is C37H72N6O3S.